The number of aliphatic hydroxyl groups is 1. The molecule has 1 N–H and O–H groups in total. The zero-order valence-corrected chi connectivity index (χ0v) is 18.1. The fourth-order valence-corrected chi connectivity index (χ4v) is 3.77. The average Bonchev–Trinajstić information content (AvgIpc) is 2.96. The molecule has 0 aromatic heterocycles. The minimum atomic E-state index is -0.680. The van der Waals surface area contributed by atoms with Crippen LogP contribution < -0.4 is 0 Å². The number of hydrogen-bond acceptors (Lipinski definition) is 4. The molecule has 1 amide bonds. The summed E-state index contributed by atoms with van der Waals surface area (Å²) in [6.45, 7) is 6.67. The normalized spacial score (nSPS) is 18.4. The molecule has 1 unspecified atom stereocenters. The summed E-state index contributed by atoms with van der Waals surface area (Å²) < 4.78 is 5.59. The Morgan fingerprint density at radius 1 is 1.13 bits per heavy atom. The Morgan fingerprint density at radius 3 is 2.43 bits per heavy atom. The molecule has 1 atom stereocenters. The minimum Gasteiger partial charge on any atom is -0.507 e. The van der Waals surface area contributed by atoms with E-state index in [2.05, 4.69) is 0 Å². The van der Waals surface area contributed by atoms with Crippen molar-refractivity contribution in [2.24, 2.45) is 0 Å². The lowest BCUT2D eigenvalue weighted by molar-refractivity contribution is -0.140. The molecule has 2 aromatic carbocycles. The fourth-order valence-electron chi connectivity index (χ4n) is 3.64. The second kappa shape index (κ2) is 9.45. The summed E-state index contributed by atoms with van der Waals surface area (Å²) in [5.74, 6) is -1.48. The standard InChI is InChI=1S/C24H26ClNO4/c1-15(2)30-14-6-13-26-21(19-8-5-4-7-16(19)3)20(23(28)24(26)29)22(27)17-9-11-18(25)12-10-17/h4-5,7-12,15,21,27H,6,13-14H2,1-3H3/b22-20-. The Hall–Kier alpha value is -2.63. The Morgan fingerprint density at radius 2 is 1.80 bits per heavy atom. The number of aliphatic hydroxyl groups excluding tert-OH is 1. The van der Waals surface area contributed by atoms with Gasteiger partial charge < -0.3 is 14.7 Å². The van der Waals surface area contributed by atoms with Crippen LogP contribution in [0.4, 0.5) is 0 Å². The third kappa shape index (κ3) is 4.58. The van der Waals surface area contributed by atoms with E-state index >= 15 is 0 Å². The number of amides is 1. The molecule has 6 heteroatoms. The van der Waals surface area contributed by atoms with Gasteiger partial charge in [-0.15, -0.1) is 0 Å². The van der Waals surface area contributed by atoms with E-state index in [9.17, 15) is 14.7 Å². The van der Waals surface area contributed by atoms with Gasteiger partial charge in [0.2, 0.25) is 0 Å². The van der Waals surface area contributed by atoms with Crippen molar-refractivity contribution >= 4 is 29.1 Å². The quantitative estimate of drug-likeness (QED) is 0.296. The first-order chi connectivity index (χ1) is 14.3. The molecule has 1 fully saturated rings. The van der Waals surface area contributed by atoms with Gasteiger partial charge in [0.1, 0.15) is 5.76 Å². The molecule has 1 aliphatic heterocycles. The third-order valence-electron chi connectivity index (χ3n) is 5.14. The molecule has 2 aromatic rings. The Kier molecular flexibility index (Phi) is 6.95. The average molecular weight is 428 g/mol. The van der Waals surface area contributed by atoms with Crippen LogP contribution in [0, 0.1) is 6.92 Å². The van der Waals surface area contributed by atoms with Crippen molar-refractivity contribution in [3.63, 3.8) is 0 Å². The first-order valence-electron chi connectivity index (χ1n) is 10.0. The van der Waals surface area contributed by atoms with Crippen molar-refractivity contribution in [1.29, 1.82) is 0 Å². The number of nitrogens with zero attached hydrogens (tertiary/aromatic N) is 1. The van der Waals surface area contributed by atoms with Gasteiger partial charge in [0, 0.05) is 23.7 Å². The number of benzene rings is 2. The number of likely N-dealkylation sites (tertiary alicyclic amines) is 1. The topological polar surface area (TPSA) is 66.8 Å². The van der Waals surface area contributed by atoms with Gasteiger partial charge in [-0.05, 0) is 62.6 Å². The van der Waals surface area contributed by atoms with Crippen LogP contribution in [0.5, 0.6) is 0 Å². The number of Topliss-reactive ketones (excluding diaryl/α,β-unsaturated/α-hetero) is 1. The molecule has 0 aliphatic carbocycles. The second-order valence-electron chi connectivity index (χ2n) is 7.63. The van der Waals surface area contributed by atoms with Crippen LogP contribution in [-0.4, -0.2) is 41.0 Å². The molecule has 5 nitrogen and oxygen atoms in total. The highest BCUT2D eigenvalue weighted by molar-refractivity contribution is 6.46. The number of ether oxygens (including phenoxy) is 1. The van der Waals surface area contributed by atoms with E-state index in [0.717, 1.165) is 11.1 Å². The highest BCUT2D eigenvalue weighted by atomic mass is 35.5. The van der Waals surface area contributed by atoms with E-state index in [1.807, 2.05) is 45.0 Å². The van der Waals surface area contributed by atoms with Gasteiger partial charge >= 0.3 is 0 Å². The zero-order chi connectivity index (χ0) is 21.8. The highest BCUT2D eigenvalue weighted by Gasteiger charge is 2.46. The number of carbonyl (C=O) groups is 2. The van der Waals surface area contributed by atoms with Crippen molar-refractivity contribution in [2.45, 2.75) is 39.3 Å². The Balaban J connectivity index is 2.04. The summed E-state index contributed by atoms with van der Waals surface area (Å²) in [7, 11) is 0. The van der Waals surface area contributed by atoms with Crippen molar-refractivity contribution in [1.82, 2.24) is 4.90 Å². The van der Waals surface area contributed by atoms with E-state index in [4.69, 9.17) is 16.3 Å². The van der Waals surface area contributed by atoms with Crippen LogP contribution in [0.3, 0.4) is 0 Å². The Labute approximate surface area is 181 Å². The van der Waals surface area contributed by atoms with Gasteiger partial charge in [0.25, 0.3) is 11.7 Å². The molecule has 0 saturated carbocycles. The van der Waals surface area contributed by atoms with E-state index in [1.54, 1.807) is 24.3 Å². The SMILES string of the molecule is Cc1ccccc1C1/C(=C(/O)c2ccc(Cl)cc2)C(=O)C(=O)N1CCCOC(C)C. The minimum absolute atomic E-state index is 0.0949. The van der Waals surface area contributed by atoms with Crippen LogP contribution in [0.15, 0.2) is 54.1 Å². The van der Waals surface area contributed by atoms with E-state index in [-0.39, 0.29) is 17.4 Å². The van der Waals surface area contributed by atoms with E-state index in [1.165, 1.54) is 4.90 Å². The monoisotopic (exact) mass is 427 g/mol. The molecule has 1 heterocycles. The predicted octanol–water partition coefficient (Wildman–Crippen LogP) is 4.89. The number of rotatable bonds is 7. The van der Waals surface area contributed by atoms with Crippen molar-refractivity contribution < 1.29 is 19.4 Å². The predicted molar refractivity (Wildman–Crippen MR) is 117 cm³/mol. The molecular weight excluding hydrogens is 402 g/mol. The van der Waals surface area contributed by atoms with E-state index < -0.39 is 17.7 Å². The molecular formula is C24H26ClNO4. The highest BCUT2D eigenvalue weighted by Crippen LogP contribution is 2.40. The smallest absolute Gasteiger partial charge is 0.295 e. The maximum absolute atomic E-state index is 13.0. The van der Waals surface area contributed by atoms with Gasteiger partial charge in [0.05, 0.1) is 17.7 Å². The summed E-state index contributed by atoms with van der Waals surface area (Å²) in [5, 5.41) is 11.5. The number of hydrogen-bond donors (Lipinski definition) is 1. The molecule has 1 saturated heterocycles. The largest absolute Gasteiger partial charge is 0.507 e. The molecule has 0 radical (unpaired) electrons. The summed E-state index contributed by atoms with van der Waals surface area (Å²) in [6, 6.07) is 13.5. The molecule has 3 rings (SSSR count). The summed E-state index contributed by atoms with van der Waals surface area (Å²) in [6.07, 6.45) is 0.687. The molecule has 0 bridgehead atoms. The van der Waals surface area contributed by atoms with Crippen LogP contribution in [0.25, 0.3) is 5.76 Å². The molecule has 1 aliphatic rings. The van der Waals surface area contributed by atoms with Gasteiger partial charge in [-0.2, -0.15) is 0 Å². The lowest BCUT2D eigenvalue weighted by atomic mass is 9.92. The van der Waals surface area contributed by atoms with Gasteiger partial charge in [-0.3, -0.25) is 9.59 Å². The first kappa shape index (κ1) is 22.1. The van der Waals surface area contributed by atoms with Crippen LogP contribution in [0.2, 0.25) is 5.02 Å². The molecule has 0 spiro atoms. The lowest BCUT2D eigenvalue weighted by Gasteiger charge is -2.26. The first-order valence-corrected chi connectivity index (χ1v) is 10.4. The van der Waals surface area contributed by atoms with Gasteiger partial charge in [0.15, 0.2) is 0 Å². The number of carbonyl (C=O) groups excluding carboxylic acids is 2. The Bertz CT molecular complexity index is 965. The zero-order valence-electron chi connectivity index (χ0n) is 17.4. The fraction of sp³-hybridized carbons (Fsp3) is 0.333. The summed E-state index contributed by atoms with van der Waals surface area (Å²) in [4.78, 5) is 27.4. The number of aryl methyl sites for hydroxylation is 1. The van der Waals surface area contributed by atoms with Crippen LogP contribution in [-0.2, 0) is 14.3 Å². The summed E-state index contributed by atoms with van der Waals surface area (Å²) >= 11 is 5.95. The maximum Gasteiger partial charge on any atom is 0.295 e. The lowest BCUT2D eigenvalue weighted by Crippen LogP contribution is -2.31. The van der Waals surface area contributed by atoms with Gasteiger partial charge in [-0.1, -0.05) is 35.9 Å². The molecule has 158 valence electrons. The van der Waals surface area contributed by atoms with Crippen LogP contribution in [0.1, 0.15) is 43.0 Å². The van der Waals surface area contributed by atoms with Gasteiger partial charge in [-0.25, -0.2) is 0 Å². The number of halogens is 1. The summed E-state index contributed by atoms with van der Waals surface area (Å²) in [5.41, 5.74) is 2.30. The third-order valence-corrected chi connectivity index (χ3v) is 5.39. The van der Waals surface area contributed by atoms with Crippen molar-refractivity contribution in [2.75, 3.05) is 13.2 Å². The van der Waals surface area contributed by atoms with Crippen molar-refractivity contribution in [3.05, 3.63) is 75.8 Å². The maximum atomic E-state index is 13.0. The van der Waals surface area contributed by atoms with Crippen LogP contribution >= 0.6 is 11.6 Å². The molecule has 30 heavy (non-hydrogen) atoms. The van der Waals surface area contributed by atoms with Crippen molar-refractivity contribution in [3.8, 4) is 0 Å². The van der Waals surface area contributed by atoms with E-state index in [0.29, 0.717) is 30.2 Å². The second-order valence-corrected chi connectivity index (χ2v) is 8.07. The number of ketones is 1.